The molecule has 0 saturated carbocycles. The number of aromatic nitrogens is 1. The fraction of sp³-hybridized carbons (Fsp3) is 0.261. The van der Waals surface area contributed by atoms with E-state index in [-0.39, 0.29) is 24.8 Å². The molecule has 10 heteroatoms. The summed E-state index contributed by atoms with van der Waals surface area (Å²) >= 11 is 1.17. The second kappa shape index (κ2) is 8.57. The second-order valence-corrected chi connectivity index (χ2v) is 8.83. The van der Waals surface area contributed by atoms with Gasteiger partial charge in [-0.15, -0.1) is 11.3 Å². The molecule has 0 bridgehead atoms. The number of carboxylic acids is 1. The summed E-state index contributed by atoms with van der Waals surface area (Å²) in [6, 6.07) is 15.2. The van der Waals surface area contributed by atoms with Crippen molar-refractivity contribution in [3.8, 4) is 11.1 Å². The number of hydrogen-bond donors (Lipinski definition) is 1. The van der Waals surface area contributed by atoms with Gasteiger partial charge in [0.25, 0.3) is 0 Å². The topological polar surface area (TPSA) is 128 Å². The molecule has 1 saturated heterocycles. The highest BCUT2D eigenvalue weighted by Crippen LogP contribution is 2.45. The fourth-order valence-corrected chi connectivity index (χ4v) is 5.54. The number of benzene rings is 2. The Morgan fingerprint density at radius 2 is 1.85 bits per heavy atom. The number of thiazole rings is 1. The number of amides is 1. The van der Waals surface area contributed by atoms with Crippen molar-refractivity contribution >= 4 is 23.4 Å². The van der Waals surface area contributed by atoms with E-state index >= 15 is 0 Å². The lowest BCUT2D eigenvalue weighted by molar-refractivity contribution is 0.0691. The summed E-state index contributed by atoms with van der Waals surface area (Å²) < 4.78 is 5.77. The van der Waals surface area contributed by atoms with Gasteiger partial charge in [0.2, 0.25) is 0 Å². The summed E-state index contributed by atoms with van der Waals surface area (Å²) in [5.41, 5.74) is 13.3. The van der Waals surface area contributed by atoms with Gasteiger partial charge in [0, 0.05) is 22.8 Å². The van der Waals surface area contributed by atoms with Crippen molar-refractivity contribution in [1.82, 2.24) is 9.88 Å². The minimum absolute atomic E-state index is 0.0743. The molecule has 33 heavy (non-hydrogen) atoms. The molecule has 0 radical (unpaired) electrons. The van der Waals surface area contributed by atoms with Crippen LogP contribution in [0, 0.1) is 0 Å². The molecule has 5 rings (SSSR count). The Morgan fingerprint density at radius 1 is 1.18 bits per heavy atom. The monoisotopic (exact) mass is 461 g/mol. The van der Waals surface area contributed by atoms with E-state index < -0.39 is 24.1 Å². The van der Waals surface area contributed by atoms with Crippen molar-refractivity contribution in [3.05, 3.63) is 86.2 Å². The molecule has 1 fully saturated rings. The third-order valence-corrected chi connectivity index (χ3v) is 7.04. The largest absolute Gasteiger partial charge is 0.476 e. The van der Waals surface area contributed by atoms with Crippen LogP contribution in [0.3, 0.4) is 0 Å². The Labute approximate surface area is 192 Å². The van der Waals surface area contributed by atoms with Crippen molar-refractivity contribution in [2.24, 2.45) is 5.11 Å². The maximum atomic E-state index is 13.1. The van der Waals surface area contributed by atoms with Crippen LogP contribution in [0.5, 0.6) is 0 Å². The maximum absolute atomic E-state index is 13.1. The summed E-state index contributed by atoms with van der Waals surface area (Å²) in [7, 11) is 0. The molecule has 1 aliphatic heterocycles. The molecule has 166 valence electrons. The van der Waals surface area contributed by atoms with Crippen LogP contribution in [0.2, 0.25) is 0 Å². The van der Waals surface area contributed by atoms with E-state index in [1.807, 2.05) is 36.4 Å². The molecule has 0 spiro atoms. The smallest absolute Gasteiger partial charge is 0.410 e. The summed E-state index contributed by atoms with van der Waals surface area (Å²) in [6.07, 6.45) is -0.175. The first-order chi connectivity index (χ1) is 16.1. The molecular weight excluding hydrogens is 442 g/mol. The number of hydrogen-bond acceptors (Lipinski definition) is 6. The van der Waals surface area contributed by atoms with Crippen LogP contribution >= 0.6 is 11.3 Å². The minimum atomic E-state index is -1.13. The predicted octanol–water partition coefficient (Wildman–Crippen LogP) is 5.22. The molecule has 1 amide bonds. The number of ether oxygens (including phenoxy) is 1. The fourth-order valence-electron chi connectivity index (χ4n) is 4.62. The number of nitrogens with zero attached hydrogens (tertiary/aromatic N) is 5. The van der Waals surface area contributed by atoms with Gasteiger partial charge in [0.1, 0.15) is 11.6 Å². The Bertz CT molecular complexity index is 1240. The van der Waals surface area contributed by atoms with Gasteiger partial charge in [-0.2, -0.15) is 0 Å². The quantitative estimate of drug-likeness (QED) is 0.316. The standard InChI is InChI=1S/C23H19N5O4S/c24-27-26-13-9-20(21-25-19(12-33-21)22(29)30)28(10-13)23(31)32-11-18-16-7-3-1-5-14(16)15-6-2-4-8-17(15)18/h1-8,12-13,18,20H,9-11H2,(H,29,30)/t13-,20+/m1/s1. The lowest BCUT2D eigenvalue weighted by atomic mass is 9.98. The number of carbonyl (C=O) groups is 2. The van der Waals surface area contributed by atoms with Crippen LogP contribution in [-0.2, 0) is 4.74 Å². The second-order valence-electron chi connectivity index (χ2n) is 7.94. The van der Waals surface area contributed by atoms with Crippen LogP contribution in [0.25, 0.3) is 21.6 Å². The minimum Gasteiger partial charge on any atom is -0.476 e. The first-order valence-electron chi connectivity index (χ1n) is 10.4. The van der Waals surface area contributed by atoms with E-state index in [0.29, 0.717) is 11.4 Å². The van der Waals surface area contributed by atoms with Gasteiger partial charge >= 0.3 is 12.1 Å². The molecule has 1 N–H and O–H groups in total. The van der Waals surface area contributed by atoms with Crippen molar-refractivity contribution in [3.63, 3.8) is 0 Å². The van der Waals surface area contributed by atoms with E-state index in [2.05, 4.69) is 27.1 Å². The summed E-state index contributed by atoms with van der Waals surface area (Å²) in [5.74, 6) is -1.21. The summed E-state index contributed by atoms with van der Waals surface area (Å²) in [6.45, 7) is 0.355. The molecule has 2 heterocycles. The van der Waals surface area contributed by atoms with Gasteiger partial charge < -0.3 is 9.84 Å². The molecule has 2 atom stereocenters. The molecule has 2 aliphatic rings. The first-order valence-corrected chi connectivity index (χ1v) is 11.3. The van der Waals surface area contributed by atoms with Gasteiger partial charge in [-0.1, -0.05) is 53.6 Å². The van der Waals surface area contributed by atoms with Crippen molar-refractivity contribution in [2.75, 3.05) is 13.2 Å². The lowest BCUT2D eigenvalue weighted by Gasteiger charge is -2.23. The Hall–Kier alpha value is -3.88. The lowest BCUT2D eigenvalue weighted by Crippen LogP contribution is -2.33. The van der Waals surface area contributed by atoms with Crippen LogP contribution in [-0.4, -0.2) is 46.2 Å². The highest BCUT2D eigenvalue weighted by Gasteiger charge is 2.39. The molecule has 0 unspecified atom stereocenters. The van der Waals surface area contributed by atoms with Gasteiger partial charge in [0.05, 0.1) is 12.1 Å². The Kier molecular flexibility index (Phi) is 5.45. The highest BCUT2D eigenvalue weighted by atomic mass is 32.1. The number of likely N-dealkylation sites (tertiary alicyclic amines) is 1. The van der Waals surface area contributed by atoms with Crippen LogP contribution < -0.4 is 0 Å². The number of aromatic carboxylic acids is 1. The van der Waals surface area contributed by atoms with Gasteiger partial charge in [0.15, 0.2) is 5.69 Å². The van der Waals surface area contributed by atoms with Gasteiger partial charge in [-0.25, -0.2) is 14.6 Å². The number of azide groups is 1. The number of carboxylic acid groups (broad SMARTS) is 1. The molecule has 1 aromatic heterocycles. The average Bonchev–Trinajstić information content (AvgIpc) is 3.54. The molecule has 2 aromatic carbocycles. The summed E-state index contributed by atoms with van der Waals surface area (Å²) in [4.78, 5) is 32.9. The van der Waals surface area contributed by atoms with Crippen LogP contribution in [0.1, 0.15) is 45.0 Å². The Balaban J connectivity index is 1.37. The van der Waals surface area contributed by atoms with Crippen molar-refractivity contribution in [2.45, 2.75) is 24.4 Å². The maximum Gasteiger partial charge on any atom is 0.410 e. The average molecular weight is 462 g/mol. The van der Waals surface area contributed by atoms with Crippen LogP contribution in [0.4, 0.5) is 4.79 Å². The van der Waals surface area contributed by atoms with E-state index in [4.69, 9.17) is 10.3 Å². The number of rotatable bonds is 5. The van der Waals surface area contributed by atoms with Crippen molar-refractivity contribution < 1.29 is 19.4 Å². The third kappa shape index (κ3) is 3.79. The van der Waals surface area contributed by atoms with Crippen molar-refractivity contribution in [1.29, 1.82) is 0 Å². The first kappa shape index (κ1) is 21.0. The predicted molar refractivity (Wildman–Crippen MR) is 121 cm³/mol. The van der Waals surface area contributed by atoms with E-state index in [1.165, 1.54) is 21.6 Å². The molecular formula is C23H19N5O4S. The Morgan fingerprint density at radius 3 is 2.45 bits per heavy atom. The zero-order valence-corrected chi connectivity index (χ0v) is 18.2. The van der Waals surface area contributed by atoms with Gasteiger partial charge in [-0.3, -0.25) is 4.90 Å². The van der Waals surface area contributed by atoms with E-state index in [0.717, 1.165) is 22.3 Å². The SMILES string of the molecule is [N-]=[N+]=N[C@@H]1C[C@@H](c2nc(C(=O)O)cs2)N(C(=O)OCC2c3ccccc3-c3ccccc32)C1. The normalized spacial score (nSPS) is 19.0. The van der Waals surface area contributed by atoms with E-state index in [1.54, 1.807) is 0 Å². The summed E-state index contributed by atoms with van der Waals surface area (Å²) in [5, 5.41) is 14.9. The number of carbonyl (C=O) groups excluding carboxylic acids is 1. The third-order valence-electron chi connectivity index (χ3n) is 6.09. The number of fused-ring (bicyclic) bond motifs is 3. The zero-order chi connectivity index (χ0) is 22.9. The van der Waals surface area contributed by atoms with Gasteiger partial charge in [-0.05, 0) is 34.2 Å². The molecule has 3 aromatic rings. The zero-order valence-electron chi connectivity index (χ0n) is 17.4. The molecule has 1 aliphatic carbocycles. The highest BCUT2D eigenvalue weighted by molar-refractivity contribution is 7.09. The molecule has 9 nitrogen and oxygen atoms in total. The van der Waals surface area contributed by atoms with Crippen LogP contribution in [0.15, 0.2) is 59.0 Å². The van der Waals surface area contributed by atoms with E-state index in [9.17, 15) is 14.7 Å².